The number of alkyl halides is 1. The third kappa shape index (κ3) is 1.48. The fourth-order valence-electron chi connectivity index (χ4n) is 1.79. The number of fused-ring (bicyclic) bond motifs is 1. The highest BCUT2D eigenvalue weighted by Gasteiger charge is 2.34. The van der Waals surface area contributed by atoms with Crippen LogP contribution in [0.3, 0.4) is 0 Å². The molecule has 0 spiro atoms. The van der Waals surface area contributed by atoms with E-state index in [-0.39, 0.29) is 17.5 Å². The lowest BCUT2D eigenvalue weighted by Crippen LogP contribution is -2.11. The van der Waals surface area contributed by atoms with Crippen LogP contribution in [0.1, 0.15) is 19.3 Å². The fourth-order valence-corrected chi connectivity index (χ4v) is 2.00. The van der Waals surface area contributed by atoms with Crippen LogP contribution in [0, 0.1) is 5.92 Å². The van der Waals surface area contributed by atoms with Gasteiger partial charge in [0.25, 0.3) is 0 Å². The molecule has 1 aliphatic heterocycles. The molecule has 1 fully saturated rings. The van der Waals surface area contributed by atoms with Crippen molar-refractivity contribution in [2.45, 2.75) is 30.7 Å². The molecule has 1 aliphatic carbocycles. The zero-order valence-electron chi connectivity index (χ0n) is 6.70. The van der Waals surface area contributed by atoms with Crippen LogP contribution in [0.5, 0.6) is 0 Å². The summed E-state index contributed by atoms with van der Waals surface area (Å²) in [7, 11) is 0. The second kappa shape index (κ2) is 3.09. The van der Waals surface area contributed by atoms with Gasteiger partial charge in [-0.1, -0.05) is 6.08 Å². The quantitative estimate of drug-likeness (QED) is 0.328. The summed E-state index contributed by atoms with van der Waals surface area (Å²) < 4.78 is 5.11. The SMILES string of the molecule is O=C1C[C@@H]2CC[C@H](Cl)C=C[C@@H]2O1. The van der Waals surface area contributed by atoms with Crippen LogP contribution < -0.4 is 0 Å². The Kier molecular flexibility index (Phi) is 2.09. The van der Waals surface area contributed by atoms with Crippen molar-refractivity contribution in [1.82, 2.24) is 0 Å². The number of halogens is 1. The summed E-state index contributed by atoms with van der Waals surface area (Å²) >= 11 is 5.94. The summed E-state index contributed by atoms with van der Waals surface area (Å²) in [5.41, 5.74) is 0. The summed E-state index contributed by atoms with van der Waals surface area (Å²) in [5.74, 6) is 0.306. The third-order valence-corrected chi connectivity index (χ3v) is 2.85. The Morgan fingerprint density at radius 2 is 2.25 bits per heavy atom. The van der Waals surface area contributed by atoms with Gasteiger partial charge in [0.1, 0.15) is 6.10 Å². The van der Waals surface area contributed by atoms with Crippen LogP contribution in [0.15, 0.2) is 12.2 Å². The zero-order valence-corrected chi connectivity index (χ0v) is 7.46. The molecule has 0 amide bonds. The van der Waals surface area contributed by atoms with Gasteiger partial charge >= 0.3 is 5.97 Å². The molecular formula is C9H11ClO2. The topological polar surface area (TPSA) is 26.3 Å². The first-order valence-electron chi connectivity index (χ1n) is 4.27. The smallest absolute Gasteiger partial charge is 0.306 e. The average Bonchev–Trinajstić information content (AvgIpc) is 2.31. The van der Waals surface area contributed by atoms with Crippen molar-refractivity contribution in [3.05, 3.63) is 12.2 Å². The van der Waals surface area contributed by atoms with E-state index in [2.05, 4.69) is 0 Å². The Morgan fingerprint density at radius 1 is 1.42 bits per heavy atom. The largest absolute Gasteiger partial charge is 0.458 e. The van der Waals surface area contributed by atoms with E-state index in [1.165, 1.54) is 0 Å². The molecule has 3 atom stereocenters. The lowest BCUT2D eigenvalue weighted by Gasteiger charge is -2.09. The summed E-state index contributed by atoms with van der Waals surface area (Å²) in [6, 6.07) is 0. The standard InChI is InChI=1S/C9H11ClO2/c10-7-2-1-6-5-9(11)12-8(6)4-3-7/h3-4,6-8H,1-2,5H2/t6-,7-,8-/m0/s1. The molecule has 0 radical (unpaired) electrons. The van der Waals surface area contributed by atoms with Gasteiger partial charge in [-0.15, -0.1) is 11.6 Å². The number of ether oxygens (including phenoxy) is 1. The molecule has 12 heavy (non-hydrogen) atoms. The minimum Gasteiger partial charge on any atom is -0.458 e. The van der Waals surface area contributed by atoms with E-state index in [0.717, 1.165) is 12.8 Å². The monoisotopic (exact) mass is 186 g/mol. The summed E-state index contributed by atoms with van der Waals surface area (Å²) in [4.78, 5) is 10.9. The first-order valence-corrected chi connectivity index (χ1v) is 4.71. The van der Waals surface area contributed by atoms with Gasteiger partial charge < -0.3 is 4.74 Å². The van der Waals surface area contributed by atoms with Crippen LogP contribution in [0.4, 0.5) is 0 Å². The van der Waals surface area contributed by atoms with Gasteiger partial charge in [0.15, 0.2) is 0 Å². The highest BCUT2D eigenvalue weighted by atomic mass is 35.5. The summed E-state index contributed by atoms with van der Waals surface area (Å²) in [6.07, 6.45) is 6.39. The Balaban J connectivity index is 2.10. The maximum Gasteiger partial charge on any atom is 0.306 e. The minimum atomic E-state index is -0.0670. The molecule has 2 nitrogen and oxygen atoms in total. The molecule has 2 aliphatic rings. The molecule has 0 aromatic carbocycles. The molecule has 3 heteroatoms. The van der Waals surface area contributed by atoms with Crippen molar-refractivity contribution >= 4 is 17.6 Å². The molecule has 1 saturated heterocycles. The van der Waals surface area contributed by atoms with Crippen molar-refractivity contribution in [3.63, 3.8) is 0 Å². The fraction of sp³-hybridized carbons (Fsp3) is 0.667. The molecule has 1 heterocycles. The number of hydrogen-bond donors (Lipinski definition) is 0. The van der Waals surface area contributed by atoms with Crippen LogP contribution in [0.2, 0.25) is 0 Å². The van der Waals surface area contributed by atoms with Gasteiger partial charge in [0, 0.05) is 5.92 Å². The van der Waals surface area contributed by atoms with Gasteiger partial charge in [0.2, 0.25) is 0 Å². The molecule has 0 saturated carbocycles. The maximum atomic E-state index is 10.9. The average molecular weight is 187 g/mol. The van der Waals surface area contributed by atoms with Gasteiger partial charge in [-0.05, 0) is 18.9 Å². The number of carbonyl (C=O) groups is 1. The van der Waals surface area contributed by atoms with E-state index in [9.17, 15) is 4.79 Å². The number of carbonyl (C=O) groups excluding carboxylic acids is 1. The second-order valence-corrected chi connectivity index (χ2v) is 3.96. The van der Waals surface area contributed by atoms with E-state index in [4.69, 9.17) is 16.3 Å². The molecular weight excluding hydrogens is 176 g/mol. The van der Waals surface area contributed by atoms with E-state index in [0.29, 0.717) is 12.3 Å². The molecule has 0 aromatic heterocycles. The molecule has 0 unspecified atom stereocenters. The van der Waals surface area contributed by atoms with Crippen molar-refractivity contribution in [2.24, 2.45) is 5.92 Å². The van der Waals surface area contributed by atoms with Gasteiger partial charge in [0.05, 0.1) is 11.8 Å². The van der Waals surface area contributed by atoms with Gasteiger partial charge in [-0.25, -0.2) is 0 Å². The van der Waals surface area contributed by atoms with Crippen LogP contribution in [-0.2, 0) is 9.53 Å². The van der Waals surface area contributed by atoms with E-state index in [1.807, 2.05) is 12.2 Å². The van der Waals surface area contributed by atoms with E-state index in [1.54, 1.807) is 0 Å². The van der Waals surface area contributed by atoms with Crippen LogP contribution in [-0.4, -0.2) is 17.5 Å². The minimum absolute atomic E-state index is 0.00116. The van der Waals surface area contributed by atoms with Crippen LogP contribution >= 0.6 is 11.6 Å². The summed E-state index contributed by atoms with van der Waals surface area (Å²) in [5, 5.41) is 0.120. The van der Waals surface area contributed by atoms with Crippen LogP contribution in [0.25, 0.3) is 0 Å². The Morgan fingerprint density at radius 3 is 3.08 bits per heavy atom. The van der Waals surface area contributed by atoms with Crippen molar-refractivity contribution in [2.75, 3.05) is 0 Å². The number of rotatable bonds is 0. The Labute approximate surface area is 76.5 Å². The Hall–Kier alpha value is -0.500. The molecule has 0 aromatic rings. The molecule has 0 bridgehead atoms. The number of esters is 1. The van der Waals surface area contributed by atoms with Gasteiger partial charge in [-0.2, -0.15) is 0 Å². The zero-order chi connectivity index (χ0) is 8.55. The number of allylic oxidation sites excluding steroid dienone is 1. The van der Waals surface area contributed by atoms with Crippen molar-refractivity contribution < 1.29 is 9.53 Å². The maximum absolute atomic E-state index is 10.9. The summed E-state index contributed by atoms with van der Waals surface area (Å²) in [6.45, 7) is 0. The van der Waals surface area contributed by atoms with Gasteiger partial charge in [-0.3, -0.25) is 4.79 Å². The first-order chi connectivity index (χ1) is 5.75. The highest BCUT2D eigenvalue weighted by Crippen LogP contribution is 2.31. The molecule has 66 valence electrons. The molecule has 2 rings (SSSR count). The normalized spacial score (nSPS) is 40.4. The predicted octanol–water partition coefficient (Wildman–Crippen LogP) is 1.88. The van der Waals surface area contributed by atoms with E-state index < -0.39 is 0 Å². The number of hydrogen-bond acceptors (Lipinski definition) is 2. The van der Waals surface area contributed by atoms with Crippen molar-refractivity contribution in [1.29, 1.82) is 0 Å². The first kappa shape index (κ1) is 8.11. The highest BCUT2D eigenvalue weighted by molar-refractivity contribution is 6.21. The Bertz CT molecular complexity index is 225. The predicted molar refractivity (Wildman–Crippen MR) is 46.0 cm³/mol. The lowest BCUT2D eigenvalue weighted by atomic mass is 9.97. The molecule has 0 N–H and O–H groups in total. The third-order valence-electron chi connectivity index (χ3n) is 2.48. The van der Waals surface area contributed by atoms with Crippen molar-refractivity contribution in [3.8, 4) is 0 Å². The van der Waals surface area contributed by atoms with E-state index >= 15 is 0 Å². The lowest BCUT2D eigenvalue weighted by molar-refractivity contribution is -0.140. The second-order valence-electron chi connectivity index (χ2n) is 3.40.